The molecule has 1 amide bonds. The third kappa shape index (κ3) is 4.22. The second kappa shape index (κ2) is 7.90. The van der Waals surface area contributed by atoms with Gasteiger partial charge >= 0.3 is 0 Å². The van der Waals surface area contributed by atoms with Gasteiger partial charge in [-0.25, -0.2) is 4.98 Å². The standard InChI is InChI=1S/C19H24N2O2S/c1-13-5-7-15(8-6-13)18-17(4-3-11-23-18)19(22)20-10-9-16-12-24-14(2)21-16/h5-8,12,17-18H,3-4,9-11H2,1-2H3,(H,20,22)/t17-,18+/m1/s1. The number of amides is 1. The van der Waals surface area contributed by atoms with Gasteiger partial charge in [-0.05, 0) is 32.3 Å². The molecule has 1 fully saturated rings. The van der Waals surface area contributed by atoms with Gasteiger partial charge in [0.1, 0.15) is 0 Å². The normalized spacial score (nSPS) is 20.8. The lowest BCUT2D eigenvalue weighted by Crippen LogP contribution is -2.38. The molecule has 0 spiro atoms. The molecule has 2 atom stereocenters. The zero-order chi connectivity index (χ0) is 16.9. The van der Waals surface area contributed by atoms with Crippen molar-refractivity contribution in [2.75, 3.05) is 13.2 Å². The van der Waals surface area contributed by atoms with Crippen LogP contribution in [0, 0.1) is 19.8 Å². The number of carbonyl (C=O) groups excluding carboxylic acids is 1. The minimum absolute atomic E-state index is 0.0900. The number of hydrogen-bond acceptors (Lipinski definition) is 4. The zero-order valence-electron chi connectivity index (χ0n) is 14.2. The molecule has 4 nitrogen and oxygen atoms in total. The fraction of sp³-hybridized carbons (Fsp3) is 0.474. The summed E-state index contributed by atoms with van der Waals surface area (Å²) in [5, 5.41) is 6.19. The first-order valence-electron chi connectivity index (χ1n) is 8.50. The molecule has 0 bridgehead atoms. The molecule has 2 aromatic rings. The van der Waals surface area contributed by atoms with Crippen LogP contribution in [0.25, 0.3) is 0 Å². The smallest absolute Gasteiger partial charge is 0.226 e. The van der Waals surface area contributed by atoms with E-state index in [1.807, 2.05) is 6.92 Å². The van der Waals surface area contributed by atoms with E-state index < -0.39 is 0 Å². The summed E-state index contributed by atoms with van der Waals surface area (Å²) >= 11 is 1.65. The first-order chi connectivity index (χ1) is 11.6. The van der Waals surface area contributed by atoms with Gasteiger partial charge in [-0.15, -0.1) is 11.3 Å². The lowest BCUT2D eigenvalue weighted by Gasteiger charge is -2.31. The van der Waals surface area contributed by atoms with E-state index in [0.717, 1.165) is 42.1 Å². The number of rotatable bonds is 5. The Kier molecular flexibility index (Phi) is 5.63. The highest BCUT2D eigenvalue weighted by Crippen LogP contribution is 2.33. The maximum Gasteiger partial charge on any atom is 0.226 e. The molecule has 2 heterocycles. The zero-order valence-corrected chi connectivity index (χ0v) is 15.1. The molecule has 1 aliphatic heterocycles. The lowest BCUT2D eigenvalue weighted by molar-refractivity contribution is -0.134. The van der Waals surface area contributed by atoms with Crippen molar-refractivity contribution in [3.8, 4) is 0 Å². The van der Waals surface area contributed by atoms with Gasteiger partial charge in [-0.2, -0.15) is 0 Å². The number of nitrogens with zero attached hydrogens (tertiary/aromatic N) is 1. The van der Waals surface area contributed by atoms with E-state index in [0.29, 0.717) is 6.54 Å². The quantitative estimate of drug-likeness (QED) is 0.902. The van der Waals surface area contributed by atoms with Crippen LogP contribution in [0.4, 0.5) is 0 Å². The molecule has 0 unspecified atom stereocenters. The van der Waals surface area contributed by atoms with Crippen LogP contribution < -0.4 is 5.32 Å². The number of hydrogen-bond donors (Lipinski definition) is 1. The fourth-order valence-electron chi connectivity index (χ4n) is 3.10. The van der Waals surface area contributed by atoms with Crippen LogP contribution >= 0.6 is 11.3 Å². The summed E-state index contributed by atoms with van der Waals surface area (Å²) in [5.74, 6) is -0.0224. The van der Waals surface area contributed by atoms with E-state index in [-0.39, 0.29) is 17.9 Å². The Labute approximate surface area is 147 Å². The van der Waals surface area contributed by atoms with Gasteiger partial charge in [0.25, 0.3) is 0 Å². The van der Waals surface area contributed by atoms with Crippen molar-refractivity contribution in [1.82, 2.24) is 10.3 Å². The van der Waals surface area contributed by atoms with Gasteiger partial charge in [-0.3, -0.25) is 4.79 Å². The number of ether oxygens (including phenoxy) is 1. The summed E-state index contributed by atoms with van der Waals surface area (Å²) in [6.07, 6.45) is 2.45. The van der Waals surface area contributed by atoms with Gasteiger partial charge in [-0.1, -0.05) is 29.8 Å². The first kappa shape index (κ1) is 17.1. The molecule has 0 saturated carbocycles. The molecule has 1 N–H and O–H groups in total. The fourth-order valence-corrected chi connectivity index (χ4v) is 3.75. The summed E-state index contributed by atoms with van der Waals surface area (Å²) in [4.78, 5) is 17.1. The Balaban J connectivity index is 1.59. The predicted octanol–water partition coefficient (Wildman–Crippen LogP) is 3.59. The van der Waals surface area contributed by atoms with Crippen molar-refractivity contribution in [2.45, 2.75) is 39.2 Å². The van der Waals surface area contributed by atoms with E-state index in [1.54, 1.807) is 11.3 Å². The highest BCUT2D eigenvalue weighted by molar-refractivity contribution is 7.09. The summed E-state index contributed by atoms with van der Waals surface area (Å²) in [6, 6.07) is 8.30. The molecule has 1 saturated heterocycles. The van der Waals surface area contributed by atoms with E-state index >= 15 is 0 Å². The Morgan fingerprint density at radius 1 is 1.33 bits per heavy atom. The van der Waals surface area contributed by atoms with Gasteiger partial charge < -0.3 is 10.1 Å². The monoisotopic (exact) mass is 344 g/mol. The Bertz CT molecular complexity index is 681. The van der Waals surface area contributed by atoms with Crippen LogP contribution in [-0.2, 0) is 16.0 Å². The van der Waals surface area contributed by atoms with Gasteiger partial charge in [0, 0.05) is 25.0 Å². The van der Waals surface area contributed by atoms with Gasteiger partial charge in [0.15, 0.2) is 0 Å². The molecule has 1 aromatic heterocycles. The lowest BCUT2D eigenvalue weighted by atomic mass is 9.88. The maximum absolute atomic E-state index is 12.6. The second-order valence-electron chi connectivity index (χ2n) is 6.35. The molecule has 1 aliphatic rings. The third-order valence-corrected chi connectivity index (χ3v) is 5.23. The summed E-state index contributed by atoms with van der Waals surface area (Å²) in [7, 11) is 0. The molecule has 128 valence electrons. The molecular weight excluding hydrogens is 320 g/mol. The molecule has 5 heteroatoms. The van der Waals surface area contributed by atoms with E-state index in [9.17, 15) is 4.79 Å². The third-order valence-electron chi connectivity index (χ3n) is 4.41. The number of thiazole rings is 1. The van der Waals surface area contributed by atoms with Crippen LogP contribution in [0.3, 0.4) is 0 Å². The van der Waals surface area contributed by atoms with Gasteiger partial charge in [0.2, 0.25) is 5.91 Å². The van der Waals surface area contributed by atoms with E-state index in [1.165, 1.54) is 5.56 Å². The SMILES string of the molecule is Cc1ccc([C@@H]2OCCC[C@H]2C(=O)NCCc2csc(C)n2)cc1. The van der Waals surface area contributed by atoms with Crippen molar-refractivity contribution in [2.24, 2.45) is 5.92 Å². The van der Waals surface area contributed by atoms with E-state index in [4.69, 9.17) is 4.74 Å². The Morgan fingerprint density at radius 3 is 2.83 bits per heavy atom. The first-order valence-corrected chi connectivity index (χ1v) is 9.38. The van der Waals surface area contributed by atoms with E-state index in [2.05, 4.69) is 46.9 Å². The molecule has 0 aliphatic carbocycles. The maximum atomic E-state index is 12.6. The van der Waals surface area contributed by atoms with Crippen molar-refractivity contribution >= 4 is 17.2 Å². The van der Waals surface area contributed by atoms with Crippen molar-refractivity contribution in [3.63, 3.8) is 0 Å². The highest BCUT2D eigenvalue weighted by atomic mass is 32.1. The predicted molar refractivity (Wildman–Crippen MR) is 96.2 cm³/mol. The molecule has 3 rings (SSSR count). The molecule has 0 radical (unpaired) electrons. The van der Waals surface area contributed by atoms with Crippen LogP contribution in [-0.4, -0.2) is 24.0 Å². The number of benzene rings is 1. The number of nitrogens with one attached hydrogen (secondary N) is 1. The number of aryl methyl sites for hydroxylation is 2. The van der Waals surface area contributed by atoms with Crippen LogP contribution in [0.5, 0.6) is 0 Å². The molecule has 24 heavy (non-hydrogen) atoms. The Hall–Kier alpha value is -1.72. The summed E-state index contributed by atoms with van der Waals surface area (Å²) < 4.78 is 5.93. The van der Waals surface area contributed by atoms with Crippen molar-refractivity contribution in [1.29, 1.82) is 0 Å². The summed E-state index contributed by atoms with van der Waals surface area (Å²) in [6.45, 7) is 5.41. The van der Waals surface area contributed by atoms with Gasteiger partial charge in [0.05, 0.1) is 22.7 Å². The number of aromatic nitrogens is 1. The average Bonchev–Trinajstić information content (AvgIpc) is 3.01. The average molecular weight is 344 g/mol. The summed E-state index contributed by atoms with van der Waals surface area (Å²) in [5.41, 5.74) is 3.36. The topological polar surface area (TPSA) is 51.2 Å². The highest BCUT2D eigenvalue weighted by Gasteiger charge is 2.32. The molecule has 1 aromatic carbocycles. The Morgan fingerprint density at radius 2 is 2.12 bits per heavy atom. The van der Waals surface area contributed by atoms with Crippen molar-refractivity contribution in [3.05, 3.63) is 51.5 Å². The van der Waals surface area contributed by atoms with Crippen LogP contribution in [0.15, 0.2) is 29.6 Å². The largest absolute Gasteiger partial charge is 0.373 e. The van der Waals surface area contributed by atoms with Crippen LogP contribution in [0.1, 0.15) is 40.8 Å². The molecular formula is C19H24N2O2S. The minimum atomic E-state index is -0.138. The van der Waals surface area contributed by atoms with Crippen molar-refractivity contribution < 1.29 is 9.53 Å². The minimum Gasteiger partial charge on any atom is -0.373 e. The number of carbonyl (C=O) groups is 1. The van der Waals surface area contributed by atoms with Crippen LogP contribution in [0.2, 0.25) is 0 Å². The second-order valence-corrected chi connectivity index (χ2v) is 7.41.